The van der Waals surface area contributed by atoms with Crippen molar-refractivity contribution < 1.29 is 4.42 Å². The molecule has 2 rings (SSSR count). The molecule has 1 unspecified atom stereocenters. The average molecular weight is 273 g/mol. The van der Waals surface area contributed by atoms with Crippen molar-refractivity contribution in [2.45, 2.75) is 40.5 Å². The SMILES string of the molecule is CCNCC(C)c1c(C)nc(-c2occc2C)nc1C. The topological polar surface area (TPSA) is 51.0 Å². The molecule has 0 fully saturated rings. The first-order valence-corrected chi connectivity index (χ1v) is 7.14. The first kappa shape index (κ1) is 14.7. The number of likely N-dealkylation sites (N-methyl/N-ethyl adjacent to an activating group) is 1. The number of hydrogen-bond donors (Lipinski definition) is 1. The van der Waals surface area contributed by atoms with Gasteiger partial charge in [-0.15, -0.1) is 0 Å². The van der Waals surface area contributed by atoms with E-state index in [4.69, 9.17) is 4.42 Å². The Morgan fingerprint density at radius 2 is 1.85 bits per heavy atom. The van der Waals surface area contributed by atoms with E-state index in [0.29, 0.717) is 11.7 Å². The van der Waals surface area contributed by atoms with E-state index in [9.17, 15) is 0 Å². The van der Waals surface area contributed by atoms with Crippen LogP contribution >= 0.6 is 0 Å². The average Bonchev–Trinajstić information content (AvgIpc) is 2.81. The molecule has 0 bridgehead atoms. The Balaban J connectivity index is 2.36. The summed E-state index contributed by atoms with van der Waals surface area (Å²) in [4.78, 5) is 9.27. The van der Waals surface area contributed by atoms with Gasteiger partial charge in [0.1, 0.15) is 0 Å². The normalized spacial score (nSPS) is 12.7. The lowest BCUT2D eigenvalue weighted by molar-refractivity contribution is 0.573. The minimum atomic E-state index is 0.404. The predicted octanol–water partition coefficient (Wildman–Crippen LogP) is 3.37. The van der Waals surface area contributed by atoms with Crippen molar-refractivity contribution in [1.82, 2.24) is 15.3 Å². The van der Waals surface area contributed by atoms with Crippen LogP contribution in [0, 0.1) is 20.8 Å². The highest BCUT2D eigenvalue weighted by Gasteiger charge is 2.17. The summed E-state index contributed by atoms with van der Waals surface area (Å²) < 4.78 is 5.49. The minimum absolute atomic E-state index is 0.404. The van der Waals surface area contributed by atoms with Crippen LogP contribution in [0.15, 0.2) is 16.7 Å². The van der Waals surface area contributed by atoms with E-state index >= 15 is 0 Å². The monoisotopic (exact) mass is 273 g/mol. The second kappa shape index (κ2) is 6.18. The summed E-state index contributed by atoms with van der Waals surface area (Å²) in [6.45, 7) is 12.4. The van der Waals surface area contributed by atoms with Crippen LogP contribution < -0.4 is 5.32 Å². The van der Waals surface area contributed by atoms with Crippen molar-refractivity contribution in [3.63, 3.8) is 0 Å². The second-order valence-corrected chi connectivity index (χ2v) is 5.27. The maximum absolute atomic E-state index is 5.49. The van der Waals surface area contributed by atoms with Gasteiger partial charge < -0.3 is 9.73 Å². The maximum atomic E-state index is 5.49. The zero-order valence-corrected chi connectivity index (χ0v) is 12.9. The Hall–Kier alpha value is -1.68. The molecule has 108 valence electrons. The van der Waals surface area contributed by atoms with Crippen LogP contribution in [-0.2, 0) is 0 Å². The molecule has 1 atom stereocenters. The van der Waals surface area contributed by atoms with Gasteiger partial charge in [0.15, 0.2) is 11.6 Å². The molecule has 0 aliphatic carbocycles. The minimum Gasteiger partial charge on any atom is -0.461 e. The zero-order valence-electron chi connectivity index (χ0n) is 12.9. The van der Waals surface area contributed by atoms with E-state index in [2.05, 4.69) is 29.1 Å². The van der Waals surface area contributed by atoms with Gasteiger partial charge in [0.05, 0.1) is 6.26 Å². The molecule has 0 saturated carbocycles. The number of aromatic nitrogens is 2. The number of nitrogens with one attached hydrogen (secondary N) is 1. The quantitative estimate of drug-likeness (QED) is 0.907. The molecule has 4 nitrogen and oxygen atoms in total. The number of rotatable bonds is 5. The van der Waals surface area contributed by atoms with Crippen LogP contribution in [0.25, 0.3) is 11.6 Å². The van der Waals surface area contributed by atoms with Gasteiger partial charge in [-0.05, 0) is 50.4 Å². The van der Waals surface area contributed by atoms with E-state index in [1.807, 2.05) is 26.8 Å². The Morgan fingerprint density at radius 1 is 1.20 bits per heavy atom. The van der Waals surface area contributed by atoms with Crippen LogP contribution in [0.5, 0.6) is 0 Å². The van der Waals surface area contributed by atoms with Gasteiger partial charge in [-0.2, -0.15) is 0 Å². The molecule has 1 N–H and O–H groups in total. The van der Waals surface area contributed by atoms with Gasteiger partial charge in [0.25, 0.3) is 0 Å². The third-order valence-electron chi connectivity index (χ3n) is 3.59. The Morgan fingerprint density at radius 3 is 2.35 bits per heavy atom. The van der Waals surface area contributed by atoms with Gasteiger partial charge in [-0.1, -0.05) is 13.8 Å². The summed E-state index contributed by atoms with van der Waals surface area (Å²) in [5.41, 5.74) is 4.37. The van der Waals surface area contributed by atoms with Crippen molar-refractivity contribution in [3.05, 3.63) is 34.8 Å². The molecule has 4 heteroatoms. The molecule has 2 heterocycles. The number of hydrogen-bond acceptors (Lipinski definition) is 4. The second-order valence-electron chi connectivity index (χ2n) is 5.27. The van der Waals surface area contributed by atoms with Gasteiger partial charge in [-0.3, -0.25) is 0 Å². The summed E-state index contributed by atoms with van der Waals surface area (Å²) in [6.07, 6.45) is 1.68. The van der Waals surface area contributed by atoms with Crippen molar-refractivity contribution in [1.29, 1.82) is 0 Å². The summed E-state index contributed by atoms with van der Waals surface area (Å²) in [6, 6.07) is 1.94. The largest absolute Gasteiger partial charge is 0.461 e. The summed E-state index contributed by atoms with van der Waals surface area (Å²) in [7, 11) is 0. The molecule has 0 spiro atoms. The van der Waals surface area contributed by atoms with E-state index in [-0.39, 0.29) is 0 Å². The first-order chi connectivity index (χ1) is 9.54. The highest BCUT2D eigenvalue weighted by Crippen LogP contribution is 2.26. The van der Waals surface area contributed by atoms with E-state index in [0.717, 1.165) is 35.8 Å². The van der Waals surface area contributed by atoms with Gasteiger partial charge in [0.2, 0.25) is 0 Å². The third-order valence-corrected chi connectivity index (χ3v) is 3.59. The fraction of sp³-hybridized carbons (Fsp3) is 0.500. The Labute approximate surface area is 120 Å². The van der Waals surface area contributed by atoms with E-state index in [1.54, 1.807) is 6.26 Å². The van der Waals surface area contributed by atoms with E-state index < -0.39 is 0 Å². The van der Waals surface area contributed by atoms with Crippen LogP contribution in [-0.4, -0.2) is 23.1 Å². The molecular formula is C16H23N3O. The van der Waals surface area contributed by atoms with Crippen molar-refractivity contribution in [2.24, 2.45) is 0 Å². The summed E-state index contributed by atoms with van der Waals surface area (Å²) in [5.74, 6) is 1.85. The van der Waals surface area contributed by atoms with Crippen molar-refractivity contribution in [2.75, 3.05) is 13.1 Å². The molecule has 2 aromatic rings. The molecule has 0 saturated heterocycles. The molecule has 0 aromatic carbocycles. The van der Waals surface area contributed by atoms with Gasteiger partial charge in [0, 0.05) is 17.9 Å². The van der Waals surface area contributed by atoms with Gasteiger partial charge in [-0.25, -0.2) is 9.97 Å². The molecule has 2 aromatic heterocycles. The van der Waals surface area contributed by atoms with Crippen LogP contribution in [0.3, 0.4) is 0 Å². The molecule has 0 radical (unpaired) electrons. The fourth-order valence-electron chi connectivity index (χ4n) is 2.60. The summed E-state index contributed by atoms with van der Waals surface area (Å²) >= 11 is 0. The predicted molar refractivity (Wildman–Crippen MR) is 80.9 cm³/mol. The Bertz CT molecular complexity index is 566. The lowest BCUT2D eigenvalue weighted by atomic mass is 9.98. The standard InChI is InChI=1S/C16H23N3O/c1-6-17-9-11(3)14-12(4)18-16(19-13(14)5)15-10(2)7-8-20-15/h7-8,11,17H,6,9H2,1-5H3. The molecule has 0 aliphatic heterocycles. The Kier molecular flexibility index (Phi) is 4.55. The smallest absolute Gasteiger partial charge is 0.196 e. The lowest BCUT2D eigenvalue weighted by Crippen LogP contribution is -2.21. The third kappa shape index (κ3) is 2.90. The number of nitrogens with zero attached hydrogens (tertiary/aromatic N) is 2. The van der Waals surface area contributed by atoms with Crippen LogP contribution in [0.2, 0.25) is 0 Å². The maximum Gasteiger partial charge on any atom is 0.196 e. The number of furan rings is 1. The van der Waals surface area contributed by atoms with Crippen LogP contribution in [0.4, 0.5) is 0 Å². The molecule has 0 aliphatic rings. The highest BCUT2D eigenvalue weighted by molar-refractivity contribution is 5.53. The molecule has 0 amide bonds. The first-order valence-electron chi connectivity index (χ1n) is 7.14. The molecule has 20 heavy (non-hydrogen) atoms. The highest BCUT2D eigenvalue weighted by atomic mass is 16.3. The van der Waals surface area contributed by atoms with Crippen LogP contribution in [0.1, 0.15) is 42.3 Å². The number of aryl methyl sites for hydroxylation is 3. The van der Waals surface area contributed by atoms with Crippen molar-refractivity contribution in [3.8, 4) is 11.6 Å². The zero-order chi connectivity index (χ0) is 14.7. The lowest BCUT2D eigenvalue weighted by Gasteiger charge is -2.17. The fourth-order valence-corrected chi connectivity index (χ4v) is 2.60. The molecular weight excluding hydrogens is 250 g/mol. The summed E-state index contributed by atoms with van der Waals surface area (Å²) in [5, 5.41) is 3.38. The van der Waals surface area contributed by atoms with Gasteiger partial charge >= 0.3 is 0 Å². The van der Waals surface area contributed by atoms with Crippen molar-refractivity contribution >= 4 is 0 Å². The van der Waals surface area contributed by atoms with E-state index in [1.165, 1.54) is 5.56 Å².